The summed E-state index contributed by atoms with van der Waals surface area (Å²) in [5.41, 5.74) is 2.08. The van der Waals surface area contributed by atoms with Gasteiger partial charge in [0.2, 0.25) is 0 Å². The third-order valence-electron chi connectivity index (χ3n) is 2.45. The molecular weight excluding hydrogens is 212 g/mol. The van der Waals surface area contributed by atoms with Gasteiger partial charge in [-0.1, -0.05) is 13.8 Å². The summed E-state index contributed by atoms with van der Waals surface area (Å²) in [4.78, 5) is 11.7. The number of aromatic nitrogens is 3. The van der Waals surface area contributed by atoms with Crippen LogP contribution < -0.4 is 5.32 Å². The van der Waals surface area contributed by atoms with E-state index in [1.54, 1.807) is 6.20 Å². The van der Waals surface area contributed by atoms with Gasteiger partial charge in [0.05, 0.1) is 18.4 Å². The van der Waals surface area contributed by atoms with Crippen LogP contribution >= 0.6 is 0 Å². The van der Waals surface area contributed by atoms with Gasteiger partial charge in [0.1, 0.15) is 5.82 Å². The van der Waals surface area contributed by atoms with E-state index in [0.29, 0.717) is 5.92 Å². The molecule has 0 aromatic carbocycles. The number of aromatic amines is 1. The number of hydrogen-bond acceptors (Lipinski definition) is 3. The van der Waals surface area contributed by atoms with Gasteiger partial charge < -0.3 is 10.3 Å². The molecule has 0 radical (unpaired) electrons. The van der Waals surface area contributed by atoms with Crippen molar-refractivity contribution < 1.29 is 0 Å². The summed E-state index contributed by atoms with van der Waals surface area (Å²) in [7, 11) is 0. The van der Waals surface area contributed by atoms with E-state index in [0.717, 1.165) is 30.2 Å². The van der Waals surface area contributed by atoms with Gasteiger partial charge in [-0.05, 0) is 24.6 Å². The molecule has 0 amide bonds. The molecule has 2 rings (SSSR count). The highest BCUT2D eigenvalue weighted by atomic mass is 15.0. The third-order valence-corrected chi connectivity index (χ3v) is 2.45. The summed E-state index contributed by atoms with van der Waals surface area (Å²) in [6.07, 6.45) is 5.45. The Morgan fingerprint density at radius 1 is 1.35 bits per heavy atom. The van der Waals surface area contributed by atoms with Gasteiger partial charge >= 0.3 is 0 Å². The Morgan fingerprint density at radius 3 is 2.94 bits per heavy atom. The Labute approximate surface area is 102 Å². The fourth-order valence-electron chi connectivity index (χ4n) is 1.60. The Kier molecular flexibility index (Phi) is 3.88. The Bertz CT molecular complexity index is 447. The number of hydrogen-bond donors (Lipinski definition) is 2. The lowest BCUT2D eigenvalue weighted by Gasteiger charge is -2.04. The van der Waals surface area contributed by atoms with Crippen molar-refractivity contribution in [3.05, 3.63) is 36.5 Å². The minimum Gasteiger partial charge on any atom is -0.341 e. The van der Waals surface area contributed by atoms with Gasteiger partial charge in [-0.25, -0.2) is 4.98 Å². The average Bonchev–Trinajstić information content (AvgIpc) is 2.78. The Hall–Kier alpha value is -1.68. The Balaban J connectivity index is 1.97. The zero-order valence-corrected chi connectivity index (χ0v) is 10.3. The first-order valence-corrected chi connectivity index (χ1v) is 5.90. The van der Waals surface area contributed by atoms with Crippen molar-refractivity contribution >= 4 is 0 Å². The number of nitrogens with one attached hydrogen (secondary N) is 2. The molecule has 0 aliphatic rings. The van der Waals surface area contributed by atoms with Crippen LogP contribution in [0.2, 0.25) is 0 Å². The molecule has 4 heteroatoms. The maximum Gasteiger partial charge on any atom is 0.120 e. The SMILES string of the molecule is CC(C)CNCc1ncc(-c2cccnc2)[nH]1. The number of H-pyrrole nitrogens is 1. The fourth-order valence-corrected chi connectivity index (χ4v) is 1.60. The smallest absolute Gasteiger partial charge is 0.120 e. The van der Waals surface area contributed by atoms with Gasteiger partial charge in [-0.3, -0.25) is 4.98 Å². The highest BCUT2D eigenvalue weighted by molar-refractivity contribution is 5.56. The van der Waals surface area contributed by atoms with Crippen molar-refractivity contribution in [2.75, 3.05) is 6.54 Å². The molecule has 0 fully saturated rings. The quantitative estimate of drug-likeness (QED) is 0.828. The van der Waals surface area contributed by atoms with Crippen LogP contribution in [0.25, 0.3) is 11.3 Å². The van der Waals surface area contributed by atoms with Crippen LogP contribution in [0.1, 0.15) is 19.7 Å². The van der Waals surface area contributed by atoms with E-state index >= 15 is 0 Å². The standard InChI is InChI=1S/C13H18N4/c1-10(2)6-15-9-13-16-8-12(17-13)11-4-3-5-14-7-11/h3-5,7-8,10,15H,6,9H2,1-2H3,(H,16,17). The van der Waals surface area contributed by atoms with Crippen molar-refractivity contribution in [3.8, 4) is 11.3 Å². The molecule has 0 aliphatic carbocycles. The van der Waals surface area contributed by atoms with E-state index in [9.17, 15) is 0 Å². The molecule has 0 saturated carbocycles. The van der Waals surface area contributed by atoms with Crippen molar-refractivity contribution in [3.63, 3.8) is 0 Å². The zero-order valence-electron chi connectivity index (χ0n) is 10.3. The van der Waals surface area contributed by atoms with E-state index in [1.807, 2.05) is 24.5 Å². The lowest BCUT2D eigenvalue weighted by molar-refractivity contribution is 0.545. The van der Waals surface area contributed by atoms with Crippen LogP contribution in [0, 0.1) is 5.92 Å². The van der Waals surface area contributed by atoms with E-state index < -0.39 is 0 Å². The second-order valence-electron chi connectivity index (χ2n) is 4.51. The largest absolute Gasteiger partial charge is 0.341 e. The minimum atomic E-state index is 0.655. The number of imidazole rings is 1. The molecule has 90 valence electrons. The number of rotatable bonds is 5. The number of nitrogens with zero attached hydrogens (tertiary/aromatic N) is 2. The third kappa shape index (κ3) is 3.39. The average molecular weight is 230 g/mol. The van der Waals surface area contributed by atoms with Gasteiger partial charge in [0, 0.05) is 18.0 Å². The van der Waals surface area contributed by atoms with Gasteiger partial charge in [-0.15, -0.1) is 0 Å². The Morgan fingerprint density at radius 2 is 2.24 bits per heavy atom. The lowest BCUT2D eigenvalue weighted by atomic mass is 10.2. The maximum absolute atomic E-state index is 4.34. The molecule has 2 heterocycles. The summed E-state index contributed by atoms with van der Waals surface area (Å²) in [5, 5.41) is 3.36. The topological polar surface area (TPSA) is 53.6 Å². The molecule has 0 bridgehead atoms. The van der Waals surface area contributed by atoms with E-state index in [2.05, 4.69) is 34.1 Å². The first-order chi connectivity index (χ1) is 8.25. The first kappa shape index (κ1) is 11.8. The van der Waals surface area contributed by atoms with Crippen LogP contribution in [-0.2, 0) is 6.54 Å². The first-order valence-electron chi connectivity index (χ1n) is 5.90. The van der Waals surface area contributed by atoms with Crippen LogP contribution in [0.5, 0.6) is 0 Å². The molecule has 0 spiro atoms. The molecule has 0 aliphatic heterocycles. The highest BCUT2D eigenvalue weighted by Crippen LogP contribution is 2.14. The molecule has 0 unspecified atom stereocenters. The monoisotopic (exact) mass is 230 g/mol. The molecule has 2 N–H and O–H groups in total. The lowest BCUT2D eigenvalue weighted by Crippen LogP contribution is -2.19. The van der Waals surface area contributed by atoms with Crippen molar-refractivity contribution in [2.45, 2.75) is 20.4 Å². The van der Waals surface area contributed by atoms with E-state index in [-0.39, 0.29) is 0 Å². The number of pyridine rings is 1. The predicted octanol–water partition coefficient (Wildman–Crippen LogP) is 2.22. The van der Waals surface area contributed by atoms with E-state index in [4.69, 9.17) is 0 Å². The molecule has 2 aromatic rings. The fraction of sp³-hybridized carbons (Fsp3) is 0.385. The van der Waals surface area contributed by atoms with Gasteiger partial charge in [-0.2, -0.15) is 0 Å². The summed E-state index contributed by atoms with van der Waals surface area (Å²) in [6, 6.07) is 3.94. The molecule has 4 nitrogen and oxygen atoms in total. The minimum absolute atomic E-state index is 0.655. The second-order valence-corrected chi connectivity index (χ2v) is 4.51. The molecule has 0 atom stereocenters. The predicted molar refractivity (Wildman–Crippen MR) is 68.4 cm³/mol. The van der Waals surface area contributed by atoms with Crippen molar-refractivity contribution in [1.82, 2.24) is 20.3 Å². The van der Waals surface area contributed by atoms with E-state index in [1.165, 1.54) is 0 Å². The molecular formula is C13H18N4. The second kappa shape index (κ2) is 5.59. The van der Waals surface area contributed by atoms with Crippen LogP contribution in [0.4, 0.5) is 0 Å². The molecule has 17 heavy (non-hydrogen) atoms. The molecule has 2 aromatic heterocycles. The van der Waals surface area contributed by atoms with Crippen LogP contribution in [0.3, 0.4) is 0 Å². The van der Waals surface area contributed by atoms with Gasteiger partial charge in [0.25, 0.3) is 0 Å². The van der Waals surface area contributed by atoms with Crippen molar-refractivity contribution in [2.24, 2.45) is 5.92 Å². The normalized spacial score (nSPS) is 11.0. The summed E-state index contributed by atoms with van der Waals surface area (Å²) in [5.74, 6) is 1.62. The maximum atomic E-state index is 4.34. The van der Waals surface area contributed by atoms with Crippen LogP contribution in [0.15, 0.2) is 30.7 Å². The van der Waals surface area contributed by atoms with Crippen LogP contribution in [-0.4, -0.2) is 21.5 Å². The van der Waals surface area contributed by atoms with Gasteiger partial charge in [0.15, 0.2) is 0 Å². The summed E-state index contributed by atoms with van der Waals surface area (Å²) >= 11 is 0. The summed E-state index contributed by atoms with van der Waals surface area (Å²) in [6.45, 7) is 6.16. The highest BCUT2D eigenvalue weighted by Gasteiger charge is 2.03. The summed E-state index contributed by atoms with van der Waals surface area (Å²) < 4.78 is 0. The van der Waals surface area contributed by atoms with Crippen molar-refractivity contribution in [1.29, 1.82) is 0 Å². The molecule has 0 saturated heterocycles. The zero-order chi connectivity index (χ0) is 12.1.